The van der Waals surface area contributed by atoms with Gasteiger partial charge in [0.05, 0.1) is 11.4 Å². The Hall–Kier alpha value is -0.990. The SMILES string of the molecule is CCc1nn(C)cc1NC(CC)C(C)C. The lowest BCUT2D eigenvalue weighted by molar-refractivity contribution is 0.511. The second-order valence-electron chi connectivity index (χ2n) is 4.42. The molecule has 0 spiro atoms. The number of anilines is 1. The van der Waals surface area contributed by atoms with E-state index in [1.165, 1.54) is 5.69 Å². The molecular weight excluding hydrogens is 186 g/mol. The lowest BCUT2D eigenvalue weighted by Gasteiger charge is -2.21. The molecule has 0 fully saturated rings. The van der Waals surface area contributed by atoms with Crippen molar-refractivity contribution in [1.29, 1.82) is 0 Å². The summed E-state index contributed by atoms with van der Waals surface area (Å²) in [5.74, 6) is 0.653. The number of rotatable bonds is 5. The monoisotopic (exact) mass is 209 g/mol. The summed E-state index contributed by atoms with van der Waals surface area (Å²) in [5, 5.41) is 8.02. The number of aromatic nitrogens is 2. The summed E-state index contributed by atoms with van der Waals surface area (Å²) in [7, 11) is 1.97. The van der Waals surface area contributed by atoms with Crippen molar-refractivity contribution in [2.75, 3.05) is 5.32 Å². The van der Waals surface area contributed by atoms with Crippen LogP contribution in [0, 0.1) is 5.92 Å². The summed E-state index contributed by atoms with van der Waals surface area (Å²) in [6, 6.07) is 0.541. The predicted molar refractivity (Wildman–Crippen MR) is 65.1 cm³/mol. The van der Waals surface area contributed by atoms with E-state index < -0.39 is 0 Å². The summed E-state index contributed by atoms with van der Waals surface area (Å²) in [5.41, 5.74) is 2.36. The Labute approximate surface area is 92.9 Å². The van der Waals surface area contributed by atoms with E-state index in [-0.39, 0.29) is 0 Å². The van der Waals surface area contributed by atoms with Crippen molar-refractivity contribution in [3.8, 4) is 0 Å². The van der Waals surface area contributed by atoms with Gasteiger partial charge in [0.2, 0.25) is 0 Å². The van der Waals surface area contributed by atoms with E-state index >= 15 is 0 Å². The second kappa shape index (κ2) is 5.19. The quantitative estimate of drug-likeness (QED) is 0.808. The normalized spacial score (nSPS) is 13.2. The number of hydrogen-bond donors (Lipinski definition) is 1. The van der Waals surface area contributed by atoms with E-state index in [9.17, 15) is 0 Å². The van der Waals surface area contributed by atoms with Crippen LogP contribution in [0.1, 0.15) is 39.8 Å². The average Bonchev–Trinajstić information content (AvgIpc) is 2.54. The lowest BCUT2D eigenvalue weighted by Crippen LogP contribution is -2.24. The van der Waals surface area contributed by atoms with Gasteiger partial charge in [-0.3, -0.25) is 4.68 Å². The van der Waals surface area contributed by atoms with Gasteiger partial charge >= 0.3 is 0 Å². The van der Waals surface area contributed by atoms with Crippen molar-refractivity contribution < 1.29 is 0 Å². The molecule has 1 rings (SSSR count). The predicted octanol–water partition coefficient (Wildman–Crippen LogP) is 2.83. The topological polar surface area (TPSA) is 29.9 Å². The molecule has 1 unspecified atom stereocenters. The van der Waals surface area contributed by atoms with E-state index in [4.69, 9.17) is 0 Å². The molecule has 0 saturated carbocycles. The van der Waals surface area contributed by atoms with Crippen LogP contribution in [0.3, 0.4) is 0 Å². The standard InChI is InChI=1S/C12H23N3/c1-6-10(9(3)4)13-12-8-15(5)14-11(12)7-2/h8-10,13H,6-7H2,1-5H3. The van der Waals surface area contributed by atoms with Gasteiger partial charge < -0.3 is 5.32 Å². The molecule has 0 aliphatic carbocycles. The van der Waals surface area contributed by atoms with Crippen molar-refractivity contribution >= 4 is 5.69 Å². The van der Waals surface area contributed by atoms with Gasteiger partial charge in [-0.25, -0.2) is 0 Å². The molecule has 0 aliphatic rings. The minimum Gasteiger partial charge on any atom is -0.379 e. The molecule has 0 saturated heterocycles. The third-order valence-electron chi connectivity index (χ3n) is 2.83. The largest absolute Gasteiger partial charge is 0.379 e. The van der Waals surface area contributed by atoms with Crippen LogP contribution in [0.2, 0.25) is 0 Å². The Morgan fingerprint density at radius 1 is 1.40 bits per heavy atom. The zero-order chi connectivity index (χ0) is 11.4. The Morgan fingerprint density at radius 2 is 2.07 bits per heavy atom. The van der Waals surface area contributed by atoms with Gasteiger partial charge in [0, 0.05) is 19.3 Å². The van der Waals surface area contributed by atoms with Crippen LogP contribution in [0.4, 0.5) is 5.69 Å². The highest BCUT2D eigenvalue weighted by Gasteiger charge is 2.13. The zero-order valence-corrected chi connectivity index (χ0v) is 10.5. The maximum Gasteiger partial charge on any atom is 0.0853 e. The van der Waals surface area contributed by atoms with Crippen LogP contribution in [0.15, 0.2) is 6.20 Å². The highest BCUT2D eigenvalue weighted by Crippen LogP contribution is 2.18. The lowest BCUT2D eigenvalue weighted by atomic mass is 10.0. The van der Waals surface area contributed by atoms with Crippen LogP contribution in [0.25, 0.3) is 0 Å². The molecule has 1 heterocycles. The molecule has 1 aromatic heterocycles. The maximum atomic E-state index is 4.43. The van der Waals surface area contributed by atoms with E-state index in [0.29, 0.717) is 12.0 Å². The van der Waals surface area contributed by atoms with Crippen LogP contribution >= 0.6 is 0 Å². The molecule has 0 aromatic carbocycles. The minimum absolute atomic E-state index is 0.541. The molecule has 0 bridgehead atoms. The zero-order valence-electron chi connectivity index (χ0n) is 10.5. The van der Waals surface area contributed by atoms with Gasteiger partial charge in [0.15, 0.2) is 0 Å². The first-order chi connectivity index (χ1) is 7.08. The first-order valence-corrected chi connectivity index (χ1v) is 5.87. The molecule has 1 atom stereocenters. The van der Waals surface area contributed by atoms with Gasteiger partial charge in [-0.1, -0.05) is 27.7 Å². The number of aryl methyl sites for hydroxylation is 2. The van der Waals surface area contributed by atoms with Crippen LogP contribution < -0.4 is 5.32 Å². The highest BCUT2D eigenvalue weighted by molar-refractivity contribution is 5.47. The van der Waals surface area contributed by atoms with Gasteiger partial charge in [-0.15, -0.1) is 0 Å². The Bertz CT molecular complexity index is 302. The van der Waals surface area contributed by atoms with Crippen molar-refractivity contribution in [2.24, 2.45) is 13.0 Å². The Kier molecular flexibility index (Phi) is 4.18. The Morgan fingerprint density at radius 3 is 2.53 bits per heavy atom. The average molecular weight is 209 g/mol. The van der Waals surface area contributed by atoms with Crippen LogP contribution in [-0.4, -0.2) is 15.8 Å². The molecule has 1 aromatic rings. The van der Waals surface area contributed by atoms with Crippen LogP contribution in [-0.2, 0) is 13.5 Å². The molecule has 0 radical (unpaired) electrons. The number of nitrogens with zero attached hydrogens (tertiary/aromatic N) is 2. The third kappa shape index (κ3) is 2.98. The van der Waals surface area contributed by atoms with Gasteiger partial charge in [0.1, 0.15) is 0 Å². The minimum atomic E-state index is 0.541. The Balaban J connectivity index is 2.77. The van der Waals surface area contributed by atoms with E-state index in [2.05, 4.69) is 44.3 Å². The first-order valence-electron chi connectivity index (χ1n) is 5.87. The molecule has 15 heavy (non-hydrogen) atoms. The molecule has 3 heteroatoms. The second-order valence-corrected chi connectivity index (χ2v) is 4.42. The van der Waals surface area contributed by atoms with Crippen molar-refractivity contribution in [3.05, 3.63) is 11.9 Å². The maximum absolute atomic E-state index is 4.43. The first kappa shape index (κ1) is 12.1. The molecule has 1 N–H and O–H groups in total. The molecular formula is C12H23N3. The summed E-state index contributed by atoms with van der Waals surface area (Å²) in [6.45, 7) is 8.87. The van der Waals surface area contributed by atoms with Gasteiger partial charge in [-0.2, -0.15) is 5.10 Å². The summed E-state index contributed by atoms with van der Waals surface area (Å²) >= 11 is 0. The molecule has 86 valence electrons. The van der Waals surface area contributed by atoms with E-state index in [0.717, 1.165) is 18.5 Å². The van der Waals surface area contributed by atoms with E-state index in [1.54, 1.807) is 0 Å². The van der Waals surface area contributed by atoms with Crippen LogP contribution in [0.5, 0.6) is 0 Å². The molecule has 0 amide bonds. The summed E-state index contributed by atoms with van der Waals surface area (Å²) in [4.78, 5) is 0. The van der Waals surface area contributed by atoms with Gasteiger partial charge in [-0.05, 0) is 18.8 Å². The fourth-order valence-electron chi connectivity index (χ4n) is 1.86. The number of hydrogen-bond acceptors (Lipinski definition) is 2. The van der Waals surface area contributed by atoms with Gasteiger partial charge in [0.25, 0.3) is 0 Å². The molecule has 3 nitrogen and oxygen atoms in total. The fourth-order valence-corrected chi connectivity index (χ4v) is 1.86. The summed E-state index contributed by atoms with van der Waals surface area (Å²) < 4.78 is 1.88. The van der Waals surface area contributed by atoms with E-state index in [1.807, 2.05) is 11.7 Å². The van der Waals surface area contributed by atoms with Crippen molar-refractivity contribution in [1.82, 2.24) is 9.78 Å². The third-order valence-corrected chi connectivity index (χ3v) is 2.83. The summed E-state index contributed by atoms with van der Waals surface area (Å²) in [6.07, 6.45) is 4.21. The van der Waals surface area contributed by atoms with Crippen molar-refractivity contribution in [3.63, 3.8) is 0 Å². The highest BCUT2D eigenvalue weighted by atomic mass is 15.3. The van der Waals surface area contributed by atoms with Crippen molar-refractivity contribution in [2.45, 2.75) is 46.6 Å². The number of nitrogens with one attached hydrogen (secondary N) is 1. The molecule has 0 aliphatic heterocycles. The smallest absolute Gasteiger partial charge is 0.0853 e. The fraction of sp³-hybridized carbons (Fsp3) is 0.750.